The third kappa shape index (κ3) is 3.08. The van der Waals surface area contributed by atoms with Gasteiger partial charge in [0.1, 0.15) is 0 Å². The average Bonchev–Trinajstić information content (AvgIpc) is 2.75. The zero-order valence-corrected chi connectivity index (χ0v) is 15.9. The summed E-state index contributed by atoms with van der Waals surface area (Å²) in [6.45, 7) is 0. The van der Waals surface area contributed by atoms with Gasteiger partial charge in [0, 0.05) is 24.5 Å². The van der Waals surface area contributed by atoms with E-state index in [9.17, 15) is 0 Å². The van der Waals surface area contributed by atoms with Crippen molar-refractivity contribution in [2.45, 2.75) is 18.9 Å². The summed E-state index contributed by atoms with van der Waals surface area (Å²) >= 11 is 16.8. The summed E-state index contributed by atoms with van der Waals surface area (Å²) < 4.78 is 3.14. The summed E-state index contributed by atoms with van der Waals surface area (Å²) in [5, 5.41) is 4.43. The van der Waals surface area contributed by atoms with Crippen LogP contribution in [0, 0.1) is 0 Å². The van der Waals surface area contributed by atoms with Crippen molar-refractivity contribution in [3.8, 4) is 0 Å². The molecule has 0 saturated carbocycles. The lowest BCUT2D eigenvalue weighted by molar-refractivity contribution is 0.773. The van der Waals surface area contributed by atoms with E-state index in [4.69, 9.17) is 11.6 Å². The first kappa shape index (κ1) is 14.9. The number of fused-ring (bicyclic) bond motifs is 1. The summed E-state index contributed by atoms with van der Waals surface area (Å²) in [5.41, 5.74) is 3.83. The number of hydrogen-bond donors (Lipinski definition) is 1. The fraction of sp³-hybridized carbons (Fsp3) is 0.200. The highest BCUT2D eigenvalue weighted by atomic mass is 79.9. The van der Waals surface area contributed by atoms with Crippen molar-refractivity contribution in [3.63, 3.8) is 0 Å². The molecule has 1 N–H and O–H groups in total. The summed E-state index contributed by atoms with van der Waals surface area (Å²) in [6, 6.07) is 10.7. The normalized spacial score (nSPS) is 17.1. The van der Waals surface area contributed by atoms with Crippen molar-refractivity contribution in [1.29, 1.82) is 0 Å². The van der Waals surface area contributed by atoms with Gasteiger partial charge in [-0.3, -0.25) is 0 Å². The van der Waals surface area contributed by atoms with Crippen LogP contribution in [0.2, 0.25) is 5.02 Å². The maximum absolute atomic E-state index is 6.06. The Hall–Kier alpha value is -0.0300. The second kappa shape index (κ2) is 5.99. The summed E-state index contributed by atoms with van der Waals surface area (Å²) in [6.07, 6.45) is 2.03. The molecule has 0 amide bonds. The Morgan fingerprint density at radius 3 is 2.30 bits per heavy atom. The zero-order valence-electron chi connectivity index (χ0n) is 10.4. The number of benzene rings is 2. The Morgan fingerprint density at radius 1 is 0.950 bits per heavy atom. The van der Waals surface area contributed by atoms with Crippen LogP contribution in [0.4, 0.5) is 5.69 Å². The standard InChI is InChI=1S/C15H11Br3ClN/c16-10-6-13(17)15(14(18)7-10)20-12-4-8-1-2-11(19)3-9(8)5-12/h1-3,6-7,12,20H,4-5H2. The molecule has 20 heavy (non-hydrogen) atoms. The molecular formula is C15H11Br3ClN. The Bertz CT molecular complexity index is 649. The van der Waals surface area contributed by atoms with E-state index in [1.54, 1.807) is 0 Å². The van der Waals surface area contributed by atoms with E-state index in [2.05, 4.69) is 65.2 Å². The third-order valence-electron chi connectivity index (χ3n) is 3.46. The number of hydrogen-bond acceptors (Lipinski definition) is 1. The third-order valence-corrected chi connectivity index (χ3v) is 5.40. The molecule has 0 bridgehead atoms. The van der Waals surface area contributed by atoms with Crippen LogP contribution in [-0.4, -0.2) is 6.04 Å². The van der Waals surface area contributed by atoms with Gasteiger partial charge in [-0.15, -0.1) is 0 Å². The SMILES string of the molecule is Clc1ccc2c(c1)CC(Nc1c(Br)cc(Br)cc1Br)C2. The molecule has 1 aliphatic carbocycles. The maximum Gasteiger partial charge on any atom is 0.0632 e. The molecule has 0 aromatic heterocycles. The lowest BCUT2D eigenvalue weighted by Gasteiger charge is -2.17. The Balaban J connectivity index is 1.81. The van der Waals surface area contributed by atoms with Crippen LogP contribution in [-0.2, 0) is 12.8 Å². The van der Waals surface area contributed by atoms with Crippen LogP contribution < -0.4 is 5.32 Å². The van der Waals surface area contributed by atoms with Crippen LogP contribution in [0.15, 0.2) is 43.7 Å². The first-order valence-corrected chi connectivity index (χ1v) is 8.97. The largest absolute Gasteiger partial charge is 0.380 e. The van der Waals surface area contributed by atoms with Crippen LogP contribution in [0.25, 0.3) is 0 Å². The van der Waals surface area contributed by atoms with Crippen molar-refractivity contribution in [1.82, 2.24) is 0 Å². The van der Waals surface area contributed by atoms with E-state index < -0.39 is 0 Å². The minimum absolute atomic E-state index is 0.400. The molecule has 3 rings (SSSR count). The quantitative estimate of drug-likeness (QED) is 0.539. The van der Waals surface area contributed by atoms with E-state index in [1.807, 2.05) is 18.2 Å². The molecular weight excluding hydrogens is 469 g/mol. The minimum atomic E-state index is 0.400. The fourth-order valence-corrected chi connectivity index (χ4v) is 5.26. The van der Waals surface area contributed by atoms with Crippen LogP contribution >= 0.6 is 59.4 Å². The Kier molecular flexibility index (Phi) is 4.46. The van der Waals surface area contributed by atoms with Gasteiger partial charge in [0.05, 0.1) is 5.69 Å². The smallest absolute Gasteiger partial charge is 0.0632 e. The van der Waals surface area contributed by atoms with Gasteiger partial charge in [0.2, 0.25) is 0 Å². The van der Waals surface area contributed by atoms with Crippen molar-refractivity contribution < 1.29 is 0 Å². The molecule has 0 radical (unpaired) electrons. The minimum Gasteiger partial charge on any atom is -0.380 e. The van der Waals surface area contributed by atoms with Crippen molar-refractivity contribution in [2.24, 2.45) is 0 Å². The van der Waals surface area contributed by atoms with E-state index in [0.29, 0.717) is 6.04 Å². The van der Waals surface area contributed by atoms with Gasteiger partial charge in [-0.05, 0) is 80.1 Å². The second-order valence-electron chi connectivity index (χ2n) is 4.91. The van der Waals surface area contributed by atoms with Gasteiger partial charge in [-0.25, -0.2) is 0 Å². The van der Waals surface area contributed by atoms with Crippen LogP contribution in [0.1, 0.15) is 11.1 Å². The van der Waals surface area contributed by atoms with Crippen molar-refractivity contribution in [2.75, 3.05) is 5.32 Å². The highest BCUT2D eigenvalue weighted by molar-refractivity contribution is 9.11. The van der Waals surface area contributed by atoms with Crippen LogP contribution in [0.5, 0.6) is 0 Å². The lowest BCUT2D eigenvalue weighted by Crippen LogP contribution is -2.20. The molecule has 104 valence electrons. The van der Waals surface area contributed by atoms with Gasteiger partial charge in [0.15, 0.2) is 0 Å². The van der Waals surface area contributed by atoms with Gasteiger partial charge < -0.3 is 5.32 Å². The topological polar surface area (TPSA) is 12.0 Å². The average molecular weight is 480 g/mol. The Labute approximate surface area is 148 Å². The number of nitrogens with one attached hydrogen (secondary N) is 1. The molecule has 1 atom stereocenters. The summed E-state index contributed by atoms with van der Waals surface area (Å²) in [7, 11) is 0. The molecule has 0 saturated heterocycles. The van der Waals surface area contributed by atoms with E-state index in [0.717, 1.165) is 37.0 Å². The first-order valence-electron chi connectivity index (χ1n) is 6.21. The molecule has 2 aromatic carbocycles. The lowest BCUT2D eigenvalue weighted by atomic mass is 10.1. The highest BCUT2D eigenvalue weighted by Crippen LogP contribution is 2.36. The van der Waals surface area contributed by atoms with E-state index in [-0.39, 0.29) is 0 Å². The molecule has 1 unspecified atom stereocenters. The zero-order chi connectivity index (χ0) is 14.3. The van der Waals surface area contributed by atoms with Crippen LogP contribution in [0.3, 0.4) is 0 Å². The molecule has 0 aliphatic heterocycles. The predicted molar refractivity (Wildman–Crippen MR) is 95.8 cm³/mol. The maximum atomic E-state index is 6.06. The Morgan fingerprint density at radius 2 is 1.60 bits per heavy atom. The molecule has 1 nitrogen and oxygen atoms in total. The number of halogens is 4. The fourth-order valence-electron chi connectivity index (χ4n) is 2.57. The van der Waals surface area contributed by atoms with Crippen molar-refractivity contribution in [3.05, 3.63) is 59.9 Å². The summed E-state index contributed by atoms with van der Waals surface area (Å²) in [5.74, 6) is 0. The van der Waals surface area contributed by atoms with Gasteiger partial charge in [-0.2, -0.15) is 0 Å². The molecule has 0 fully saturated rings. The molecule has 0 heterocycles. The van der Waals surface area contributed by atoms with Gasteiger partial charge in [-0.1, -0.05) is 33.6 Å². The molecule has 2 aromatic rings. The number of rotatable bonds is 2. The second-order valence-corrected chi connectivity index (χ2v) is 7.97. The van der Waals surface area contributed by atoms with E-state index in [1.165, 1.54) is 11.1 Å². The van der Waals surface area contributed by atoms with Crippen molar-refractivity contribution >= 4 is 65.1 Å². The van der Waals surface area contributed by atoms with E-state index >= 15 is 0 Å². The van der Waals surface area contributed by atoms with Gasteiger partial charge in [0.25, 0.3) is 0 Å². The monoisotopic (exact) mass is 477 g/mol. The number of anilines is 1. The van der Waals surface area contributed by atoms with Gasteiger partial charge >= 0.3 is 0 Å². The first-order chi connectivity index (χ1) is 9.52. The molecule has 1 aliphatic rings. The predicted octanol–water partition coefficient (Wildman–Crippen LogP) is 6.21. The molecule has 5 heteroatoms. The molecule has 0 spiro atoms. The summed E-state index contributed by atoms with van der Waals surface area (Å²) in [4.78, 5) is 0. The highest BCUT2D eigenvalue weighted by Gasteiger charge is 2.22.